The zero-order valence-corrected chi connectivity index (χ0v) is 11.6. The molecule has 0 radical (unpaired) electrons. The molecule has 0 spiro atoms. The molecule has 3 unspecified atom stereocenters. The van der Waals surface area contributed by atoms with Crippen LogP contribution in [0.1, 0.15) is 45.2 Å². The van der Waals surface area contributed by atoms with E-state index < -0.39 is 0 Å². The van der Waals surface area contributed by atoms with Crippen molar-refractivity contribution in [1.29, 1.82) is 0 Å². The van der Waals surface area contributed by atoms with Gasteiger partial charge in [0.15, 0.2) is 0 Å². The summed E-state index contributed by atoms with van der Waals surface area (Å²) < 4.78 is 0. The highest BCUT2D eigenvalue weighted by Gasteiger charge is 2.24. The molecule has 0 aromatic heterocycles. The monoisotopic (exact) mass is 234 g/mol. The summed E-state index contributed by atoms with van der Waals surface area (Å²) in [6.07, 6.45) is 2.24. The summed E-state index contributed by atoms with van der Waals surface area (Å²) in [6, 6.07) is 11.5. The average Bonchev–Trinajstić information content (AvgIpc) is 2.39. The Kier molecular flexibility index (Phi) is 5.66. The van der Waals surface area contributed by atoms with Crippen molar-refractivity contribution in [1.82, 2.24) is 4.90 Å². The van der Waals surface area contributed by atoms with Gasteiger partial charge in [-0.25, -0.2) is 0 Å². The first kappa shape index (κ1) is 14.2. The third-order valence-corrected chi connectivity index (χ3v) is 3.83. The summed E-state index contributed by atoms with van der Waals surface area (Å²) in [5.74, 6) is 0. The zero-order valence-electron chi connectivity index (χ0n) is 11.6. The molecule has 0 amide bonds. The Hall–Kier alpha value is -0.860. The molecule has 0 fully saturated rings. The summed E-state index contributed by atoms with van der Waals surface area (Å²) in [6.45, 7) is 6.70. The normalized spacial score (nSPS) is 16.8. The maximum Gasteiger partial charge on any atom is 0.0452 e. The fraction of sp³-hybridized carbons (Fsp3) is 0.600. The van der Waals surface area contributed by atoms with Crippen LogP contribution in [0.25, 0.3) is 0 Å². The molecule has 1 rings (SSSR count). The SMILES string of the molecule is CCC(C)N(C)C(CC)C(N)c1ccccc1. The second kappa shape index (κ2) is 6.77. The molecule has 0 saturated carbocycles. The highest BCUT2D eigenvalue weighted by Crippen LogP contribution is 2.22. The minimum Gasteiger partial charge on any atom is -0.323 e. The van der Waals surface area contributed by atoms with Gasteiger partial charge in [-0.15, -0.1) is 0 Å². The van der Waals surface area contributed by atoms with Gasteiger partial charge < -0.3 is 5.73 Å². The van der Waals surface area contributed by atoms with Crippen LogP contribution in [0.2, 0.25) is 0 Å². The average molecular weight is 234 g/mol. The van der Waals surface area contributed by atoms with Gasteiger partial charge in [0.25, 0.3) is 0 Å². The van der Waals surface area contributed by atoms with Gasteiger partial charge >= 0.3 is 0 Å². The molecule has 1 aromatic carbocycles. The molecule has 0 aliphatic carbocycles. The Morgan fingerprint density at radius 1 is 1.12 bits per heavy atom. The third-order valence-electron chi connectivity index (χ3n) is 3.83. The Balaban J connectivity index is 2.80. The van der Waals surface area contributed by atoms with Gasteiger partial charge in [-0.05, 0) is 32.4 Å². The van der Waals surface area contributed by atoms with Crippen LogP contribution in [-0.4, -0.2) is 24.0 Å². The molecule has 2 N–H and O–H groups in total. The number of rotatable bonds is 6. The van der Waals surface area contributed by atoms with E-state index in [0.29, 0.717) is 12.1 Å². The predicted octanol–water partition coefficient (Wildman–Crippen LogP) is 3.20. The second-order valence-corrected chi connectivity index (χ2v) is 4.83. The number of benzene rings is 1. The number of nitrogens with two attached hydrogens (primary N) is 1. The minimum atomic E-state index is 0.0974. The fourth-order valence-corrected chi connectivity index (χ4v) is 2.31. The Morgan fingerprint density at radius 3 is 2.18 bits per heavy atom. The molecule has 0 aliphatic heterocycles. The summed E-state index contributed by atoms with van der Waals surface area (Å²) >= 11 is 0. The largest absolute Gasteiger partial charge is 0.323 e. The lowest BCUT2D eigenvalue weighted by molar-refractivity contribution is 0.152. The van der Waals surface area contributed by atoms with E-state index in [0.717, 1.165) is 12.8 Å². The van der Waals surface area contributed by atoms with Gasteiger partial charge in [0, 0.05) is 18.1 Å². The van der Waals surface area contributed by atoms with Crippen molar-refractivity contribution in [2.75, 3.05) is 7.05 Å². The molecule has 17 heavy (non-hydrogen) atoms. The van der Waals surface area contributed by atoms with Gasteiger partial charge in [0.05, 0.1) is 0 Å². The highest BCUT2D eigenvalue weighted by molar-refractivity contribution is 5.20. The topological polar surface area (TPSA) is 29.3 Å². The molecule has 2 nitrogen and oxygen atoms in total. The Morgan fingerprint density at radius 2 is 1.71 bits per heavy atom. The molecule has 0 heterocycles. The van der Waals surface area contributed by atoms with Crippen LogP contribution in [0.15, 0.2) is 30.3 Å². The second-order valence-electron chi connectivity index (χ2n) is 4.83. The third kappa shape index (κ3) is 3.55. The van der Waals surface area contributed by atoms with Crippen molar-refractivity contribution in [2.45, 2.75) is 51.7 Å². The molecule has 2 heteroatoms. The van der Waals surface area contributed by atoms with Crippen LogP contribution in [0.3, 0.4) is 0 Å². The van der Waals surface area contributed by atoms with E-state index in [9.17, 15) is 0 Å². The van der Waals surface area contributed by atoms with Crippen molar-refractivity contribution in [2.24, 2.45) is 5.73 Å². The molecule has 0 saturated heterocycles. The smallest absolute Gasteiger partial charge is 0.0452 e. The van der Waals surface area contributed by atoms with E-state index in [1.807, 2.05) is 6.07 Å². The van der Waals surface area contributed by atoms with Gasteiger partial charge in [-0.3, -0.25) is 4.90 Å². The van der Waals surface area contributed by atoms with Crippen molar-refractivity contribution < 1.29 is 0 Å². The van der Waals surface area contributed by atoms with E-state index in [1.165, 1.54) is 5.56 Å². The van der Waals surface area contributed by atoms with Crippen molar-refractivity contribution in [3.63, 3.8) is 0 Å². The van der Waals surface area contributed by atoms with Crippen LogP contribution < -0.4 is 5.73 Å². The van der Waals surface area contributed by atoms with Crippen LogP contribution >= 0.6 is 0 Å². The first-order valence-electron chi connectivity index (χ1n) is 6.64. The zero-order chi connectivity index (χ0) is 12.8. The summed E-state index contributed by atoms with van der Waals surface area (Å²) in [5, 5.41) is 0. The predicted molar refractivity (Wildman–Crippen MR) is 75.0 cm³/mol. The standard InChI is InChI=1S/C15H26N2/c1-5-12(3)17(4)14(6-2)15(16)13-10-8-7-9-11-13/h7-12,14-15H,5-6,16H2,1-4H3. The Bertz CT molecular complexity index is 310. The summed E-state index contributed by atoms with van der Waals surface area (Å²) in [7, 11) is 2.19. The van der Waals surface area contributed by atoms with Crippen molar-refractivity contribution in [3.8, 4) is 0 Å². The molecule has 0 bridgehead atoms. The van der Waals surface area contributed by atoms with Crippen LogP contribution in [-0.2, 0) is 0 Å². The molecule has 0 aliphatic rings. The van der Waals surface area contributed by atoms with E-state index in [-0.39, 0.29) is 6.04 Å². The van der Waals surface area contributed by atoms with E-state index >= 15 is 0 Å². The minimum absolute atomic E-state index is 0.0974. The van der Waals surface area contributed by atoms with E-state index in [4.69, 9.17) is 5.73 Å². The highest BCUT2D eigenvalue weighted by atomic mass is 15.2. The van der Waals surface area contributed by atoms with Crippen LogP contribution in [0.5, 0.6) is 0 Å². The van der Waals surface area contributed by atoms with Gasteiger partial charge in [-0.1, -0.05) is 44.2 Å². The lowest BCUT2D eigenvalue weighted by atomic mass is 9.96. The molecule has 3 atom stereocenters. The molecular formula is C15H26N2. The van der Waals surface area contributed by atoms with E-state index in [2.05, 4.69) is 57.0 Å². The van der Waals surface area contributed by atoms with Gasteiger partial charge in [0.2, 0.25) is 0 Å². The summed E-state index contributed by atoms with van der Waals surface area (Å²) in [4.78, 5) is 2.41. The summed E-state index contributed by atoms with van der Waals surface area (Å²) in [5.41, 5.74) is 7.63. The molecule has 1 aromatic rings. The Labute approximate surface area is 106 Å². The first-order valence-corrected chi connectivity index (χ1v) is 6.64. The lowest BCUT2D eigenvalue weighted by Gasteiger charge is -2.36. The number of likely N-dealkylation sites (N-methyl/N-ethyl adjacent to an activating group) is 1. The molecule has 96 valence electrons. The number of hydrogen-bond donors (Lipinski definition) is 1. The fourth-order valence-electron chi connectivity index (χ4n) is 2.31. The quantitative estimate of drug-likeness (QED) is 0.819. The maximum atomic E-state index is 6.40. The van der Waals surface area contributed by atoms with E-state index in [1.54, 1.807) is 0 Å². The molecular weight excluding hydrogens is 208 g/mol. The van der Waals surface area contributed by atoms with Crippen molar-refractivity contribution in [3.05, 3.63) is 35.9 Å². The van der Waals surface area contributed by atoms with Gasteiger partial charge in [-0.2, -0.15) is 0 Å². The van der Waals surface area contributed by atoms with Crippen LogP contribution in [0.4, 0.5) is 0 Å². The first-order chi connectivity index (χ1) is 8.11. The maximum absolute atomic E-state index is 6.40. The lowest BCUT2D eigenvalue weighted by Crippen LogP contribution is -2.44. The number of hydrogen-bond acceptors (Lipinski definition) is 2. The number of nitrogens with zero attached hydrogens (tertiary/aromatic N) is 1. The van der Waals surface area contributed by atoms with Crippen LogP contribution in [0, 0.1) is 0 Å². The van der Waals surface area contributed by atoms with Crippen molar-refractivity contribution >= 4 is 0 Å². The van der Waals surface area contributed by atoms with Gasteiger partial charge in [0.1, 0.15) is 0 Å².